The Kier molecular flexibility index (Phi) is 5.13. The number of ether oxygens (including phenoxy) is 2. The lowest BCUT2D eigenvalue weighted by Crippen LogP contribution is -2.43. The van der Waals surface area contributed by atoms with E-state index in [2.05, 4.69) is 30.8 Å². The third-order valence-electron chi connectivity index (χ3n) is 5.94. The molecule has 3 aromatic carbocycles. The summed E-state index contributed by atoms with van der Waals surface area (Å²) in [4.78, 5) is 3.23. The van der Waals surface area contributed by atoms with E-state index in [-0.39, 0.29) is 23.8 Å². The van der Waals surface area contributed by atoms with Crippen LogP contribution in [-0.2, 0) is 15.6 Å². The summed E-state index contributed by atoms with van der Waals surface area (Å²) in [7, 11) is -0.391. The maximum Gasteiger partial charge on any atom is 0.170 e. The number of hydrogen-bond acceptors (Lipinski definition) is 2. The van der Waals surface area contributed by atoms with Crippen LogP contribution in [0.4, 0.5) is 4.39 Å². The highest BCUT2D eigenvalue weighted by molar-refractivity contribution is 7.97. The number of benzene rings is 3. The Labute approximate surface area is 179 Å². The normalized spacial score (nSPS) is 24.9. The maximum atomic E-state index is 15.2. The first-order chi connectivity index (χ1) is 14.7. The van der Waals surface area contributed by atoms with Gasteiger partial charge in [0.15, 0.2) is 31.9 Å². The Morgan fingerprint density at radius 1 is 0.933 bits per heavy atom. The van der Waals surface area contributed by atoms with E-state index in [9.17, 15) is 0 Å². The molecular weight excluding hydrogens is 395 g/mol. The van der Waals surface area contributed by atoms with Crippen LogP contribution >= 0.6 is 0 Å². The SMILES string of the molecule is C=CC1(Oc2ccc([S+](c3ccccc3)c3ccccc3)cc2F)CC2CCC1O2. The first-order valence-electron chi connectivity index (χ1n) is 10.3. The molecule has 152 valence electrons. The third-order valence-corrected chi connectivity index (χ3v) is 8.15. The molecule has 5 rings (SSSR count). The van der Waals surface area contributed by atoms with Gasteiger partial charge in [-0.15, -0.1) is 0 Å². The minimum Gasteiger partial charge on any atom is -0.477 e. The molecule has 2 fully saturated rings. The van der Waals surface area contributed by atoms with Gasteiger partial charge in [-0.3, -0.25) is 0 Å². The average molecular weight is 420 g/mol. The molecule has 3 unspecified atom stereocenters. The predicted molar refractivity (Wildman–Crippen MR) is 118 cm³/mol. The topological polar surface area (TPSA) is 18.5 Å². The number of rotatable bonds is 6. The van der Waals surface area contributed by atoms with Crippen LogP contribution in [0, 0.1) is 5.82 Å². The quantitative estimate of drug-likeness (QED) is 0.351. The Morgan fingerprint density at radius 2 is 1.60 bits per heavy atom. The number of hydrogen-bond donors (Lipinski definition) is 0. The van der Waals surface area contributed by atoms with E-state index in [0.29, 0.717) is 0 Å². The van der Waals surface area contributed by atoms with Crippen LogP contribution in [0.15, 0.2) is 106 Å². The maximum absolute atomic E-state index is 15.2. The highest BCUT2D eigenvalue weighted by atomic mass is 32.2. The van der Waals surface area contributed by atoms with Gasteiger partial charge >= 0.3 is 0 Å². The largest absolute Gasteiger partial charge is 0.477 e. The van der Waals surface area contributed by atoms with E-state index >= 15 is 4.39 Å². The van der Waals surface area contributed by atoms with Crippen LogP contribution < -0.4 is 4.74 Å². The first kappa shape index (κ1) is 19.4. The Hall–Kier alpha value is -2.56. The van der Waals surface area contributed by atoms with E-state index in [1.807, 2.05) is 42.5 Å². The number of fused-ring (bicyclic) bond motifs is 2. The van der Waals surface area contributed by atoms with Crippen molar-refractivity contribution in [1.29, 1.82) is 0 Å². The summed E-state index contributed by atoms with van der Waals surface area (Å²) in [5.74, 6) is -0.0830. The van der Waals surface area contributed by atoms with Gasteiger partial charge in [0, 0.05) is 12.5 Å². The van der Waals surface area contributed by atoms with Crippen molar-refractivity contribution in [2.45, 2.75) is 51.8 Å². The summed E-state index contributed by atoms with van der Waals surface area (Å²) >= 11 is 0. The molecule has 2 aliphatic heterocycles. The van der Waals surface area contributed by atoms with Crippen molar-refractivity contribution in [3.63, 3.8) is 0 Å². The van der Waals surface area contributed by atoms with Crippen LogP contribution in [0.2, 0.25) is 0 Å². The van der Waals surface area contributed by atoms with E-state index in [1.54, 1.807) is 18.2 Å². The smallest absolute Gasteiger partial charge is 0.170 e. The molecule has 2 nitrogen and oxygen atoms in total. The van der Waals surface area contributed by atoms with Gasteiger partial charge in [-0.25, -0.2) is 4.39 Å². The molecule has 2 bridgehead atoms. The molecule has 4 heteroatoms. The van der Waals surface area contributed by atoms with Crippen molar-refractivity contribution in [2.75, 3.05) is 0 Å². The van der Waals surface area contributed by atoms with Crippen molar-refractivity contribution in [3.8, 4) is 5.75 Å². The second-order valence-corrected chi connectivity index (χ2v) is 9.84. The van der Waals surface area contributed by atoms with Gasteiger partial charge in [0.2, 0.25) is 0 Å². The highest BCUT2D eigenvalue weighted by Gasteiger charge is 2.53. The van der Waals surface area contributed by atoms with Crippen molar-refractivity contribution in [2.24, 2.45) is 0 Å². The van der Waals surface area contributed by atoms with Gasteiger partial charge in [-0.2, -0.15) is 0 Å². The van der Waals surface area contributed by atoms with Gasteiger partial charge in [0.1, 0.15) is 6.10 Å². The van der Waals surface area contributed by atoms with Crippen LogP contribution in [0.1, 0.15) is 19.3 Å². The van der Waals surface area contributed by atoms with Crippen molar-refractivity contribution >= 4 is 10.9 Å². The lowest BCUT2D eigenvalue weighted by molar-refractivity contribution is 0.0217. The average Bonchev–Trinajstić information content (AvgIpc) is 3.39. The Bertz CT molecular complexity index is 1000. The lowest BCUT2D eigenvalue weighted by Gasteiger charge is -2.33. The van der Waals surface area contributed by atoms with Crippen molar-refractivity contribution in [3.05, 3.63) is 97.3 Å². The molecule has 0 spiro atoms. The highest BCUT2D eigenvalue weighted by Crippen LogP contribution is 2.45. The molecule has 0 amide bonds. The minimum atomic E-state index is -0.633. The van der Waals surface area contributed by atoms with Gasteiger partial charge in [0.05, 0.1) is 17.0 Å². The summed E-state index contributed by atoms with van der Waals surface area (Å²) in [6.07, 6.45) is 4.66. The van der Waals surface area contributed by atoms with Crippen molar-refractivity contribution < 1.29 is 13.9 Å². The van der Waals surface area contributed by atoms with E-state index in [4.69, 9.17) is 9.47 Å². The second-order valence-electron chi connectivity index (χ2n) is 7.81. The summed E-state index contributed by atoms with van der Waals surface area (Å²) in [6.45, 7) is 3.96. The van der Waals surface area contributed by atoms with E-state index < -0.39 is 16.5 Å². The summed E-state index contributed by atoms with van der Waals surface area (Å²) in [6, 6.07) is 25.8. The second kappa shape index (κ2) is 7.93. The van der Waals surface area contributed by atoms with Gasteiger partial charge < -0.3 is 9.47 Å². The lowest BCUT2D eigenvalue weighted by atomic mass is 9.84. The summed E-state index contributed by atoms with van der Waals surface area (Å²) in [5, 5.41) is 0. The molecule has 0 saturated carbocycles. The predicted octanol–water partition coefficient (Wildman–Crippen LogP) is 6.18. The molecule has 2 saturated heterocycles. The molecule has 2 aliphatic rings. The van der Waals surface area contributed by atoms with Crippen LogP contribution in [0.5, 0.6) is 5.75 Å². The monoisotopic (exact) mass is 419 g/mol. The van der Waals surface area contributed by atoms with E-state index in [1.165, 1.54) is 0 Å². The van der Waals surface area contributed by atoms with Gasteiger partial charge in [-0.1, -0.05) is 43.0 Å². The molecule has 3 atom stereocenters. The third kappa shape index (κ3) is 3.44. The fraction of sp³-hybridized carbons (Fsp3) is 0.231. The molecule has 0 N–H and O–H groups in total. The Balaban J connectivity index is 1.49. The molecule has 0 radical (unpaired) electrons. The summed E-state index contributed by atoms with van der Waals surface area (Å²) in [5.41, 5.74) is -0.633. The van der Waals surface area contributed by atoms with Gasteiger partial charge in [-0.05, 0) is 55.3 Å². The minimum absolute atomic E-state index is 0.0395. The van der Waals surface area contributed by atoms with Crippen LogP contribution in [-0.4, -0.2) is 17.8 Å². The molecule has 2 heterocycles. The van der Waals surface area contributed by atoms with Crippen LogP contribution in [0.25, 0.3) is 0 Å². The molecule has 30 heavy (non-hydrogen) atoms. The first-order valence-corrected chi connectivity index (χ1v) is 11.5. The molecular formula is C26H24FO2S+. The standard InChI is InChI=1S/C26H24FO2S/c1-2-26(18-19-13-16-25(26)28-19)29-24-15-14-22(17-23(24)27)30(20-9-5-3-6-10-20)21-11-7-4-8-12-21/h2-12,14-15,17,19,25H,1,13,16,18H2/q+1. The molecule has 0 aliphatic carbocycles. The number of halogens is 1. The van der Waals surface area contributed by atoms with Crippen molar-refractivity contribution in [1.82, 2.24) is 0 Å². The zero-order valence-corrected chi connectivity index (χ0v) is 17.5. The zero-order valence-electron chi connectivity index (χ0n) is 16.7. The Morgan fingerprint density at radius 3 is 2.10 bits per heavy atom. The fourth-order valence-electron chi connectivity index (χ4n) is 4.48. The summed E-state index contributed by atoms with van der Waals surface area (Å²) < 4.78 is 27.4. The van der Waals surface area contributed by atoms with Gasteiger partial charge in [0.25, 0.3) is 0 Å². The zero-order chi connectivity index (χ0) is 20.6. The molecule has 3 aromatic rings. The fourth-order valence-corrected chi connectivity index (χ4v) is 6.58. The molecule has 0 aromatic heterocycles. The van der Waals surface area contributed by atoms with Crippen LogP contribution in [0.3, 0.4) is 0 Å². The van der Waals surface area contributed by atoms with E-state index in [0.717, 1.165) is 33.9 Å².